The lowest BCUT2D eigenvalue weighted by Crippen LogP contribution is -2.06. The molecule has 0 spiro atoms. The Kier molecular flexibility index (Phi) is 5.36. The van der Waals surface area contributed by atoms with E-state index >= 15 is 0 Å². The molecule has 5 nitrogen and oxygen atoms in total. The number of ether oxygens (including phenoxy) is 2. The van der Waals surface area contributed by atoms with Crippen LogP contribution in [0.25, 0.3) is 11.5 Å². The quantitative estimate of drug-likeness (QED) is 0.596. The number of hydrogen-bond donors (Lipinski definition) is 0. The minimum atomic E-state index is -0.608. The number of aromatic nitrogens is 1. The molecule has 0 unspecified atom stereocenters. The Balaban J connectivity index is 1.86. The topological polar surface area (TPSA) is 61.6 Å². The molecule has 0 aliphatic carbocycles. The highest BCUT2D eigenvalue weighted by Gasteiger charge is 2.24. The molecule has 0 amide bonds. The molecule has 3 rings (SSSR count). The van der Waals surface area contributed by atoms with Crippen LogP contribution in [-0.4, -0.2) is 17.6 Å². The number of hydrogen-bond acceptors (Lipinski definition) is 5. The number of carbonyl (C=O) groups is 1. The Bertz CT molecular complexity index is 844. The second kappa shape index (κ2) is 7.85. The van der Waals surface area contributed by atoms with Crippen molar-refractivity contribution < 1.29 is 18.7 Å². The molecule has 0 aliphatic rings. The van der Waals surface area contributed by atoms with Crippen LogP contribution in [0.15, 0.2) is 59.0 Å². The van der Waals surface area contributed by atoms with Gasteiger partial charge in [-0.1, -0.05) is 41.9 Å². The molecule has 0 N–H and O–H groups in total. The molecule has 25 heavy (non-hydrogen) atoms. The number of oxazole rings is 1. The number of carbonyl (C=O) groups excluding carboxylic acids is 1. The molecule has 2 aromatic carbocycles. The summed E-state index contributed by atoms with van der Waals surface area (Å²) in [4.78, 5) is 16.4. The maximum Gasteiger partial charge on any atom is 0.380 e. The largest absolute Gasteiger partial charge is 0.470 e. The van der Waals surface area contributed by atoms with E-state index in [4.69, 9.17) is 25.5 Å². The van der Waals surface area contributed by atoms with Gasteiger partial charge in [-0.25, -0.2) is 4.79 Å². The van der Waals surface area contributed by atoms with Crippen LogP contribution in [0.2, 0.25) is 5.02 Å². The number of rotatable bonds is 6. The highest BCUT2D eigenvalue weighted by molar-refractivity contribution is 6.30. The lowest BCUT2D eigenvalue weighted by Gasteiger charge is -2.04. The summed E-state index contributed by atoms with van der Waals surface area (Å²) in [7, 11) is 0. The molecular formula is C19H16ClNO4. The maximum atomic E-state index is 12.1. The van der Waals surface area contributed by atoms with Gasteiger partial charge in [-0.15, -0.1) is 0 Å². The second-order valence-corrected chi connectivity index (χ2v) is 5.59. The van der Waals surface area contributed by atoms with Crippen LogP contribution in [0.5, 0.6) is 5.88 Å². The first-order chi connectivity index (χ1) is 12.2. The molecule has 0 radical (unpaired) electrons. The van der Waals surface area contributed by atoms with Crippen molar-refractivity contribution in [3.8, 4) is 17.3 Å². The van der Waals surface area contributed by atoms with Gasteiger partial charge in [-0.05, 0) is 36.8 Å². The van der Waals surface area contributed by atoms with E-state index in [0.29, 0.717) is 10.9 Å². The Morgan fingerprint density at radius 2 is 1.84 bits per heavy atom. The van der Waals surface area contributed by atoms with E-state index in [-0.39, 0.29) is 24.9 Å². The Morgan fingerprint density at radius 3 is 2.52 bits per heavy atom. The van der Waals surface area contributed by atoms with Crippen molar-refractivity contribution in [3.63, 3.8) is 0 Å². The van der Waals surface area contributed by atoms with Gasteiger partial charge in [0, 0.05) is 10.6 Å². The minimum Gasteiger partial charge on any atom is -0.470 e. The number of halogens is 1. The zero-order valence-corrected chi connectivity index (χ0v) is 14.3. The molecule has 0 aliphatic heterocycles. The van der Waals surface area contributed by atoms with Crippen molar-refractivity contribution in [1.82, 2.24) is 4.98 Å². The molecule has 0 saturated carbocycles. The van der Waals surface area contributed by atoms with E-state index in [1.165, 1.54) is 0 Å². The molecule has 128 valence electrons. The summed E-state index contributed by atoms with van der Waals surface area (Å²) in [6.07, 6.45) is 0. The number of esters is 1. The lowest BCUT2D eigenvalue weighted by molar-refractivity contribution is 0.0484. The van der Waals surface area contributed by atoms with Gasteiger partial charge in [0.25, 0.3) is 11.6 Å². The number of benzene rings is 2. The predicted molar refractivity (Wildman–Crippen MR) is 93.7 cm³/mol. The van der Waals surface area contributed by atoms with Gasteiger partial charge in [0.2, 0.25) is 5.89 Å². The average molecular weight is 358 g/mol. The standard InChI is InChI=1S/C19H16ClNO4/c1-2-23-19(22)16-18(24-12-13-8-10-15(20)11-9-13)21-17(25-16)14-6-4-3-5-7-14/h3-11H,2,12H2,1H3. The minimum absolute atomic E-state index is 0.0466. The van der Waals surface area contributed by atoms with Gasteiger partial charge in [0.1, 0.15) is 6.61 Å². The van der Waals surface area contributed by atoms with Crippen molar-refractivity contribution >= 4 is 17.6 Å². The summed E-state index contributed by atoms with van der Waals surface area (Å²) in [6, 6.07) is 16.5. The highest BCUT2D eigenvalue weighted by Crippen LogP contribution is 2.28. The summed E-state index contributed by atoms with van der Waals surface area (Å²) in [5.74, 6) is -0.250. The van der Waals surface area contributed by atoms with Crippen molar-refractivity contribution in [1.29, 1.82) is 0 Å². The van der Waals surface area contributed by atoms with E-state index in [0.717, 1.165) is 11.1 Å². The third-order valence-corrected chi connectivity index (χ3v) is 3.62. The fraction of sp³-hybridized carbons (Fsp3) is 0.158. The molecule has 0 atom stereocenters. The second-order valence-electron chi connectivity index (χ2n) is 5.15. The fourth-order valence-corrected chi connectivity index (χ4v) is 2.29. The summed E-state index contributed by atoms with van der Waals surface area (Å²) < 4.78 is 16.3. The summed E-state index contributed by atoms with van der Waals surface area (Å²) in [5, 5.41) is 0.642. The van der Waals surface area contributed by atoms with E-state index in [9.17, 15) is 4.79 Å². The van der Waals surface area contributed by atoms with E-state index in [2.05, 4.69) is 4.98 Å². The zero-order valence-electron chi connectivity index (χ0n) is 13.6. The molecule has 0 bridgehead atoms. The van der Waals surface area contributed by atoms with E-state index in [1.807, 2.05) is 42.5 Å². The SMILES string of the molecule is CCOC(=O)c1oc(-c2ccccc2)nc1OCc1ccc(Cl)cc1. The summed E-state index contributed by atoms with van der Waals surface area (Å²) in [6.45, 7) is 2.18. The monoisotopic (exact) mass is 357 g/mol. The molecule has 1 heterocycles. The normalized spacial score (nSPS) is 10.5. The number of nitrogens with zero attached hydrogens (tertiary/aromatic N) is 1. The van der Waals surface area contributed by atoms with Crippen molar-refractivity contribution in [2.75, 3.05) is 6.61 Å². The van der Waals surface area contributed by atoms with Crippen molar-refractivity contribution in [3.05, 3.63) is 70.9 Å². The Hall–Kier alpha value is -2.79. The first-order valence-electron chi connectivity index (χ1n) is 7.78. The summed E-state index contributed by atoms with van der Waals surface area (Å²) in [5.41, 5.74) is 1.64. The Morgan fingerprint density at radius 1 is 1.12 bits per heavy atom. The molecule has 3 aromatic rings. The molecular weight excluding hydrogens is 342 g/mol. The van der Waals surface area contributed by atoms with Crippen molar-refractivity contribution in [2.45, 2.75) is 13.5 Å². The Labute approximate surface area is 150 Å². The van der Waals surface area contributed by atoms with Gasteiger partial charge in [-0.2, -0.15) is 4.98 Å². The van der Waals surface area contributed by atoms with Crippen LogP contribution in [0, 0.1) is 0 Å². The average Bonchev–Trinajstić information content (AvgIpc) is 3.07. The first-order valence-corrected chi connectivity index (χ1v) is 8.15. The van der Waals surface area contributed by atoms with Crippen LogP contribution in [-0.2, 0) is 11.3 Å². The molecule has 0 saturated heterocycles. The van der Waals surface area contributed by atoms with Gasteiger partial charge in [0.05, 0.1) is 6.61 Å². The smallest absolute Gasteiger partial charge is 0.380 e. The fourth-order valence-electron chi connectivity index (χ4n) is 2.17. The van der Waals surface area contributed by atoms with E-state index in [1.54, 1.807) is 19.1 Å². The van der Waals surface area contributed by atoms with Crippen LogP contribution in [0.3, 0.4) is 0 Å². The predicted octanol–water partition coefficient (Wildman–Crippen LogP) is 4.75. The molecule has 6 heteroatoms. The van der Waals surface area contributed by atoms with Crippen LogP contribution in [0.1, 0.15) is 23.0 Å². The molecule has 0 fully saturated rings. The van der Waals surface area contributed by atoms with Gasteiger partial charge in [0.15, 0.2) is 0 Å². The van der Waals surface area contributed by atoms with Gasteiger partial charge < -0.3 is 13.9 Å². The van der Waals surface area contributed by atoms with Gasteiger partial charge in [-0.3, -0.25) is 0 Å². The summed E-state index contributed by atoms with van der Waals surface area (Å²) >= 11 is 5.87. The van der Waals surface area contributed by atoms with Crippen molar-refractivity contribution in [2.24, 2.45) is 0 Å². The third-order valence-electron chi connectivity index (χ3n) is 3.37. The first kappa shape index (κ1) is 17.0. The van der Waals surface area contributed by atoms with Gasteiger partial charge >= 0.3 is 5.97 Å². The van der Waals surface area contributed by atoms with E-state index < -0.39 is 5.97 Å². The van der Waals surface area contributed by atoms with Crippen LogP contribution in [0.4, 0.5) is 0 Å². The maximum absolute atomic E-state index is 12.1. The highest BCUT2D eigenvalue weighted by atomic mass is 35.5. The third kappa shape index (κ3) is 4.19. The van der Waals surface area contributed by atoms with Crippen LogP contribution < -0.4 is 4.74 Å². The lowest BCUT2D eigenvalue weighted by atomic mass is 10.2. The molecule has 1 aromatic heterocycles. The zero-order chi connectivity index (χ0) is 17.6. The van der Waals surface area contributed by atoms with Crippen LogP contribution >= 0.6 is 11.6 Å².